The summed E-state index contributed by atoms with van der Waals surface area (Å²) in [7, 11) is 0. The Labute approximate surface area is 110 Å². The SMILES string of the molecule is CCn1c(-c2ccc(Cl)cc2)ccc(C=O)c1=O. The lowest BCUT2D eigenvalue weighted by atomic mass is 10.1. The zero-order valence-corrected chi connectivity index (χ0v) is 10.6. The van der Waals surface area contributed by atoms with Gasteiger partial charge < -0.3 is 4.57 Å². The fourth-order valence-corrected chi connectivity index (χ4v) is 2.00. The van der Waals surface area contributed by atoms with E-state index in [4.69, 9.17) is 11.6 Å². The van der Waals surface area contributed by atoms with Crippen molar-refractivity contribution in [3.8, 4) is 11.3 Å². The van der Waals surface area contributed by atoms with Gasteiger partial charge in [-0.15, -0.1) is 0 Å². The molecular weight excluding hydrogens is 250 g/mol. The normalized spacial score (nSPS) is 10.3. The quantitative estimate of drug-likeness (QED) is 0.797. The molecule has 0 aliphatic rings. The summed E-state index contributed by atoms with van der Waals surface area (Å²) in [6.45, 7) is 2.38. The second-order valence-corrected chi connectivity index (χ2v) is 4.28. The molecule has 92 valence electrons. The van der Waals surface area contributed by atoms with E-state index in [9.17, 15) is 9.59 Å². The van der Waals surface area contributed by atoms with E-state index in [2.05, 4.69) is 0 Å². The van der Waals surface area contributed by atoms with E-state index in [0.717, 1.165) is 11.3 Å². The Bertz CT molecular complexity index is 629. The van der Waals surface area contributed by atoms with E-state index >= 15 is 0 Å². The fraction of sp³-hybridized carbons (Fsp3) is 0.143. The zero-order valence-electron chi connectivity index (χ0n) is 9.89. The van der Waals surface area contributed by atoms with Crippen LogP contribution in [-0.4, -0.2) is 10.9 Å². The Kier molecular flexibility index (Phi) is 3.63. The highest BCUT2D eigenvalue weighted by molar-refractivity contribution is 6.30. The third-order valence-electron chi connectivity index (χ3n) is 2.79. The Hall–Kier alpha value is -1.87. The van der Waals surface area contributed by atoms with Crippen LogP contribution in [0.3, 0.4) is 0 Å². The summed E-state index contributed by atoms with van der Waals surface area (Å²) in [5.41, 5.74) is 1.59. The smallest absolute Gasteiger partial charge is 0.261 e. The van der Waals surface area contributed by atoms with Crippen molar-refractivity contribution in [1.82, 2.24) is 4.57 Å². The summed E-state index contributed by atoms with van der Waals surface area (Å²) in [6, 6.07) is 10.6. The zero-order chi connectivity index (χ0) is 13.1. The number of halogens is 1. The van der Waals surface area contributed by atoms with Crippen molar-refractivity contribution in [3.63, 3.8) is 0 Å². The predicted molar refractivity (Wildman–Crippen MR) is 72.2 cm³/mol. The Morgan fingerprint density at radius 2 is 1.83 bits per heavy atom. The number of pyridine rings is 1. The maximum atomic E-state index is 12.0. The van der Waals surface area contributed by atoms with E-state index in [0.29, 0.717) is 17.9 Å². The summed E-state index contributed by atoms with van der Waals surface area (Å²) in [4.78, 5) is 22.8. The summed E-state index contributed by atoms with van der Waals surface area (Å²) in [6.07, 6.45) is 0.583. The number of carbonyl (C=O) groups is 1. The third kappa shape index (κ3) is 2.22. The van der Waals surface area contributed by atoms with Crippen LogP contribution in [0.25, 0.3) is 11.3 Å². The molecule has 0 N–H and O–H groups in total. The molecule has 0 unspecified atom stereocenters. The van der Waals surface area contributed by atoms with Crippen LogP contribution in [0.2, 0.25) is 5.02 Å². The number of rotatable bonds is 3. The lowest BCUT2D eigenvalue weighted by molar-refractivity contribution is 0.112. The minimum atomic E-state index is -0.264. The van der Waals surface area contributed by atoms with Gasteiger partial charge >= 0.3 is 0 Å². The Balaban J connectivity index is 2.65. The third-order valence-corrected chi connectivity index (χ3v) is 3.04. The molecule has 0 bridgehead atoms. The monoisotopic (exact) mass is 261 g/mol. The number of benzene rings is 1. The molecular formula is C14H12ClNO2. The fourth-order valence-electron chi connectivity index (χ4n) is 1.87. The molecule has 0 radical (unpaired) electrons. The van der Waals surface area contributed by atoms with Crippen molar-refractivity contribution in [3.05, 3.63) is 57.3 Å². The average Bonchev–Trinajstić information content (AvgIpc) is 2.39. The van der Waals surface area contributed by atoms with Gasteiger partial charge in [-0.3, -0.25) is 9.59 Å². The van der Waals surface area contributed by atoms with Crippen LogP contribution in [-0.2, 0) is 6.54 Å². The first-order valence-electron chi connectivity index (χ1n) is 5.62. The molecule has 2 aromatic rings. The molecule has 0 fully saturated rings. The van der Waals surface area contributed by atoms with Gasteiger partial charge in [0.15, 0.2) is 6.29 Å². The van der Waals surface area contributed by atoms with Gasteiger partial charge in [-0.1, -0.05) is 23.7 Å². The van der Waals surface area contributed by atoms with Crippen LogP contribution in [0.5, 0.6) is 0 Å². The minimum absolute atomic E-state index is 0.176. The first kappa shape index (κ1) is 12.6. The average molecular weight is 262 g/mol. The van der Waals surface area contributed by atoms with Gasteiger partial charge in [0.25, 0.3) is 5.56 Å². The van der Waals surface area contributed by atoms with E-state index in [1.165, 1.54) is 0 Å². The highest BCUT2D eigenvalue weighted by Crippen LogP contribution is 2.20. The molecule has 0 saturated carbocycles. The number of nitrogens with zero attached hydrogens (tertiary/aromatic N) is 1. The van der Waals surface area contributed by atoms with Crippen LogP contribution in [0, 0.1) is 0 Å². The lowest BCUT2D eigenvalue weighted by Crippen LogP contribution is -2.24. The molecule has 0 aliphatic carbocycles. The predicted octanol–water partition coefficient (Wildman–Crippen LogP) is 3.00. The first-order chi connectivity index (χ1) is 8.67. The second kappa shape index (κ2) is 5.19. The minimum Gasteiger partial charge on any atom is -0.308 e. The molecule has 4 heteroatoms. The van der Waals surface area contributed by atoms with Crippen molar-refractivity contribution < 1.29 is 4.79 Å². The number of hydrogen-bond donors (Lipinski definition) is 0. The van der Waals surface area contributed by atoms with Crippen LogP contribution in [0.4, 0.5) is 0 Å². The van der Waals surface area contributed by atoms with Crippen LogP contribution in [0.15, 0.2) is 41.2 Å². The van der Waals surface area contributed by atoms with E-state index < -0.39 is 0 Å². The molecule has 1 heterocycles. The summed E-state index contributed by atoms with van der Waals surface area (Å²) >= 11 is 5.84. The molecule has 0 amide bonds. The van der Waals surface area contributed by atoms with E-state index in [-0.39, 0.29) is 11.1 Å². The van der Waals surface area contributed by atoms with Gasteiger partial charge in [-0.05, 0) is 36.8 Å². The number of aldehydes is 1. The molecule has 0 aliphatic heterocycles. The van der Waals surface area contributed by atoms with Gasteiger partial charge in [0.05, 0.1) is 11.3 Å². The first-order valence-corrected chi connectivity index (χ1v) is 6.00. The molecule has 2 rings (SSSR count). The second-order valence-electron chi connectivity index (χ2n) is 3.85. The van der Waals surface area contributed by atoms with Crippen molar-refractivity contribution in [1.29, 1.82) is 0 Å². The standard InChI is InChI=1S/C14H12ClNO2/c1-2-16-13(8-5-11(9-17)14(16)18)10-3-6-12(15)7-4-10/h3-9H,2H2,1H3. The number of aromatic nitrogens is 1. The van der Waals surface area contributed by atoms with E-state index in [1.54, 1.807) is 28.8 Å². The van der Waals surface area contributed by atoms with Gasteiger partial charge in [-0.25, -0.2) is 0 Å². The van der Waals surface area contributed by atoms with Crippen LogP contribution < -0.4 is 5.56 Å². The largest absolute Gasteiger partial charge is 0.308 e. The highest BCUT2D eigenvalue weighted by Gasteiger charge is 2.08. The molecule has 0 saturated heterocycles. The maximum absolute atomic E-state index is 12.0. The van der Waals surface area contributed by atoms with Gasteiger partial charge in [-0.2, -0.15) is 0 Å². The summed E-state index contributed by atoms with van der Waals surface area (Å²) in [5, 5.41) is 0.647. The highest BCUT2D eigenvalue weighted by atomic mass is 35.5. The molecule has 3 nitrogen and oxygen atoms in total. The molecule has 1 aromatic heterocycles. The van der Waals surface area contributed by atoms with Crippen molar-refractivity contribution in [2.24, 2.45) is 0 Å². The topological polar surface area (TPSA) is 39.1 Å². The Morgan fingerprint density at radius 3 is 2.39 bits per heavy atom. The lowest BCUT2D eigenvalue weighted by Gasteiger charge is -2.11. The van der Waals surface area contributed by atoms with Crippen molar-refractivity contribution >= 4 is 17.9 Å². The molecule has 0 atom stereocenters. The van der Waals surface area contributed by atoms with E-state index in [1.807, 2.05) is 19.1 Å². The molecule has 0 spiro atoms. The van der Waals surface area contributed by atoms with Gasteiger partial charge in [0, 0.05) is 11.6 Å². The number of carbonyl (C=O) groups excluding carboxylic acids is 1. The number of hydrogen-bond acceptors (Lipinski definition) is 2. The molecule has 1 aromatic carbocycles. The summed E-state index contributed by atoms with van der Waals surface area (Å²) < 4.78 is 1.58. The Morgan fingerprint density at radius 1 is 1.17 bits per heavy atom. The molecule has 18 heavy (non-hydrogen) atoms. The van der Waals surface area contributed by atoms with Crippen molar-refractivity contribution in [2.45, 2.75) is 13.5 Å². The van der Waals surface area contributed by atoms with Crippen LogP contribution in [0.1, 0.15) is 17.3 Å². The van der Waals surface area contributed by atoms with Crippen LogP contribution >= 0.6 is 11.6 Å². The summed E-state index contributed by atoms with van der Waals surface area (Å²) in [5.74, 6) is 0. The maximum Gasteiger partial charge on any atom is 0.261 e. The van der Waals surface area contributed by atoms with Crippen molar-refractivity contribution in [2.75, 3.05) is 0 Å². The van der Waals surface area contributed by atoms with Gasteiger partial charge in [0.2, 0.25) is 0 Å². The van der Waals surface area contributed by atoms with Gasteiger partial charge in [0.1, 0.15) is 0 Å².